The van der Waals surface area contributed by atoms with Gasteiger partial charge in [-0.2, -0.15) is 8.42 Å². The Morgan fingerprint density at radius 1 is 1.38 bits per heavy atom. The first-order valence-corrected chi connectivity index (χ1v) is 7.08. The number of rotatable bonds is 2. The van der Waals surface area contributed by atoms with Gasteiger partial charge in [0, 0.05) is 5.92 Å². The first kappa shape index (κ1) is 11.4. The molecule has 0 aromatic carbocycles. The Kier molecular flexibility index (Phi) is 2.92. The minimum Gasteiger partial charge on any atom is -0.458 e. The molecule has 1 heterocycles. The monoisotopic (exact) mass is 246 g/mol. The fourth-order valence-electron chi connectivity index (χ4n) is 2.23. The highest BCUT2D eigenvalue weighted by Gasteiger charge is 2.41. The smallest absolute Gasteiger partial charge is 0.337 e. The zero-order valence-electron chi connectivity index (χ0n) is 9.01. The number of ether oxygens (including phenoxy) is 1. The van der Waals surface area contributed by atoms with Crippen LogP contribution in [0.1, 0.15) is 25.7 Å². The van der Waals surface area contributed by atoms with Crippen molar-refractivity contribution >= 4 is 16.1 Å². The molecule has 16 heavy (non-hydrogen) atoms. The zero-order valence-corrected chi connectivity index (χ0v) is 9.83. The van der Waals surface area contributed by atoms with Crippen molar-refractivity contribution in [3.05, 3.63) is 11.8 Å². The number of hydrogen-bond donors (Lipinski definition) is 0. The molecule has 0 bridgehead atoms. The maximum absolute atomic E-state index is 11.5. The van der Waals surface area contributed by atoms with Crippen LogP contribution < -0.4 is 0 Å². The summed E-state index contributed by atoms with van der Waals surface area (Å²) in [5.41, 5.74) is 0.357. The average molecular weight is 246 g/mol. The summed E-state index contributed by atoms with van der Waals surface area (Å²) in [5.74, 6) is -0.441. The van der Waals surface area contributed by atoms with Crippen molar-refractivity contribution < 1.29 is 22.1 Å². The van der Waals surface area contributed by atoms with Gasteiger partial charge in [0.25, 0.3) is 0 Å². The predicted octanol–water partition coefficient (Wildman–Crippen LogP) is 0.962. The van der Waals surface area contributed by atoms with Crippen LogP contribution >= 0.6 is 0 Å². The van der Waals surface area contributed by atoms with Crippen molar-refractivity contribution in [3.63, 3.8) is 0 Å². The number of esters is 1. The second-order valence-electron chi connectivity index (χ2n) is 4.21. The lowest BCUT2D eigenvalue weighted by Gasteiger charge is -2.22. The predicted molar refractivity (Wildman–Crippen MR) is 55.8 cm³/mol. The lowest BCUT2D eigenvalue weighted by atomic mass is 9.84. The van der Waals surface area contributed by atoms with Crippen LogP contribution in [0.15, 0.2) is 11.8 Å². The van der Waals surface area contributed by atoms with E-state index in [9.17, 15) is 13.2 Å². The first-order valence-electron chi connectivity index (χ1n) is 5.27. The van der Waals surface area contributed by atoms with Crippen molar-refractivity contribution in [3.8, 4) is 0 Å². The molecule has 90 valence electrons. The third-order valence-electron chi connectivity index (χ3n) is 2.95. The highest BCUT2D eigenvalue weighted by molar-refractivity contribution is 7.86. The largest absolute Gasteiger partial charge is 0.458 e. The third kappa shape index (κ3) is 2.37. The van der Waals surface area contributed by atoms with E-state index in [2.05, 4.69) is 4.18 Å². The molecule has 1 aliphatic carbocycles. The number of hydrogen-bond acceptors (Lipinski definition) is 5. The van der Waals surface area contributed by atoms with E-state index in [0.29, 0.717) is 5.57 Å². The standard InChI is InChI=1S/C10H14O5S/c1-16(12,13)14-6-8-7-4-2-3-5-9(7)15-10(8)11/h6-7,9H,2-5H2,1H3/b8-6+/t7-,9+/m1/s1. The molecule has 1 saturated carbocycles. The summed E-state index contributed by atoms with van der Waals surface area (Å²) in [5, 5.41) is 0. The molecule has 2 rings (SSSR count). The molecular formula is C10H14O5S. The minimum atomic E-state index is -3.56. The Morgan fingerprint density at radius 3 is 2.75 bits per heavy atom. The van der Waals surface area contributed by atoms with Gasteiger partial charge < -0.3 is 8.92 Å². The lowest BCUT2D eigenvalue weighted by Crippen LogP contribution is -2.21. The van der Waals surface area contributed by atoms with Crippen molar-refractivity contribution in [1.29, 1.82) is 0 Å². The van der Waals surface area contributed by atoms with Crippen LogP contribution in [-0.4, -0.2) is 26.7 Å². The quantitative estimate of drug-likeness (QED) is 0.314. The molecule has 1 aliphatic heterocycles. The van der Waals surface area contributed by atoms with Crippen molar-refractivity contribution in [2.45, 2.75) is 31.8 Å². The summed E-state index contributed by atoms with van der Waals surface area (Å²) < 4.78 is 31.4. The van der Waals surface area contributed by atoms with Gasteiger partial charge in [0.2, 0.25) is 0 Å². The van der Waals surface area contributed by atoms with Gasteiger partial charge in [-0.25, -0.2) is 4.79 Å². The van der Waals surface area contributed by atoms with Gasteiger partial charge in [-0.3, -0.25) is 0 Å². The molecule has 5 nitrogen and oxygen atoms in total. The van der Waals surface area contributed by atoms with Crippen LogP contribution in [-0.2, 0) is 23.8 Å². The van der Waals surface area contributed by atoms with Crippen LogP contribution in [0.3, 0.4) is 0 Å². The molecule has 0 spiro atoms. The Balaban J connectivity index is 2.16. The Bertz CT molecular complexity index is 422. The normalized spacial score (nSPS) is 32.3. The summed E-state index contributed by atoms with van der Waals surface area (Å²) >= 11 is 0. The minimum absolute atomic E-state index is 0.00278. The summed E-state index contributed by atoms with van der Waals surface area (Å²) in [4.78, 5) is 11.5. The third-order valence-corrected chi connectivity index (χ3v) is 3.39. The van der Waals surface area contributed by atoms with Gasteiger partial charge in [0.1, 0.15) is 12.4 Å². The molecule has 0 aromatic rings. The summed E-state index contributed by atoms with van der Waals surface area (Å²) in [6.07, 6.45) is 5.69. The summed E-state index contributed by atoms with van der Waals surface area (Å²) in [6, 6.07) is 0. The Morgan fingerprint density at radius 2 is 2.06 bits per heavy atom. The van der Waals surface area contributed by atoms with E-state index in [1.54, 1.807) is 0 Å². The number of carbonyl (C=O) groups is 1. The second-order valence-corrected chi connectivity index (χ2v) is 5.81. The molecule has 6 heteroatoms. The molecule has 2 atom stereocenters. The van der Waals surface area contributed by atoms with Crippen LogP contribution in [0.2, 0.25) is 0 Å². The molecular weight excluding hydrogens is 232 g/mol. The molecule has 0 radical (unpaired) electrons. The van der Waals surface area contributed by atoms with Crippen LogP contribution in [0, 0.1) is 5.92 Å². The van der Waals surface area contributed by atoms with Gasteiger partial charge in [0.15, 0.2) is 0 Å². The van der Waals surface area contributed by atoms with Crippen LogP contribution in [0.4, 0.5) is 0 Å². The van der Waals surface area contributed by atoms with E-state index >= 15 is 0 Å². The number of fused-ring (bicyclic) bond motifs is 1. The van der Waals surface area contributed by atoms with E-state index in [1.807, 2.05) is 0 Å². The van der Waals surface area contributed by atoms with Gasteiger partial charge in [-0.1, -0.05) is 6.42 Å². The molecule has 2 aliphatic rings. The summed E-state index contributed by atoms with van der Waals surface area (Å²) in [6.45, 7) is 0. The van der Waals surface area contributed by atoms with Gasteiger partial charge in [-0.15, -0.1) is 0 Å². The van der Waals surface area contributed by atoms with E-state index in [0.717, 1.165) is 38.2 Å². The van der Waals surface area contributed by atoms with E-state index in [1.165, 1.54) is 0 Å². The molecule has 0 aromatic heterocycles. The van der Waals surface area contributed by atoms with E-state index in [4.69, 9.17) is 4.74 Å². The second kappa shape index (κ2) is 4.08. The highest BCUT2D eigenvalue weighted by Crippen LogP contribution is 2.38. The summed E-state index contributed by atoms with van der Waals surface area (Å²) in [7, 11) is -3.56. The van der Waals surface area contributed by atoms with Crippen molar-refractivity contribution in [2.24, 2.45) is 5.92 Å². The zero-order chi connectivity index (χ0) is 11.8. The fourth-order valence-corrected chi connectivity index (χ4v) is 2.50. The molecule has 0 N–H and O–H groups in total. The molecule has 0 unspecified atom stereocenters. The lowest BCUT2D eigenvalue weighted by molar-refractivity contribution is -0.139. The molecule has 0 amide bonds. The number of carbonyl (C=O) groups excluding carboxylic acids is 1. The van der Waals surface area contributed by atoms with E-state index in [-0.39, 0.29) is 12.0 Å². The van der Waals surface area contributed by atoms with Crippen LogP contribution in [0.25, 0.3) is 0 Å². The Labute approximate surface area is 94.5 Å². The van der Waals surface area contributed by atoms with Gasteiger partial charge in [0.05, 0.1) is 11.8 Å². The molecule has 2 fully saturated rings. The van der Waals surface area contributed by atoms with Crippen molar-refractivity contribution in [1.82, 2.24) is 0 Å². The first-order chi connectivity index (χ1) is 7.47. The maximum Gasteiger partial charge on any atom is 0.337 e. The topological polar surface area (TPSA) is 69.7 Å². The molecule has 1 saturated heterocycles. The fraction of sp³-hybridized carbons (Fsp3) is 0.700. The van der Waals surface area contributed by atoms with Crippen molar-refractivity contribution in [2.75, 3.05) is 6.26 Å². The van der Waals surface area contributed by atoms with Gasteiger partial charge in [-0.05, 0) is 19.3 Å². The highest BCUT2D eigenvalue weighted by atomic mass is 32.2. The van der Waals surface area contributed by atoms with Crippen LogP contribution in [0.5, 0.6) is 0 Å². The Hall–Kier alpha value is -1.04. The van der Waals surface area contributed by atoms with Gasteiger partial charge >= 0.3 is 16.1 Å². The SMILES string of the molecule is CS(=O)(=O)O/C=C1/C(=O)O[C@H]2CCCC[C@H]12. The maximum atomic E-state index is 11.5. The average Bonchev–Trinajstić information content (AvgIpc) is 2.49. The van der Waals surface area contributed by atoms with E-state index < -0.39 is 16.1 Å².